The molecule has 0 radical (unpaired) electrons. The van der Waals surface area contributed by atoms with Crippen molar-refractivity contribution in [2.24, 2.45) is 10.1 Å². The van der Waals surface area contributed by atoms with E-state index in [0.717, 1.165) is 25.2 Å². The number of benzene rings is 1. The lowest BCUT2D eigenvalue weighted by Gasteiger charge is -2.25. The number of carbonyl (C=O) groups is 1. The molecule has 1 aromatic carbocycles. The van der Waals surface area contributed by atoms with Crippen molar-refractivity contribution in [3.8, 4) is 0 Å². The SMILES string of the molecule is CN1CCc2ccc(Nc3ncc(C(N)=O)c(Nc4cccc(N=S(C)(C)=O)n4)n3)cc2C1. The van der Waals surface area contributed by atoms with E-state index in [2.05, 4.69) is 54.0 Å². The molecule has 0 saturated carbocycles. The Balaban J connectivity index is 1.62. The second kappa shape index (κ2) is 9.12. The fraction of sp³-hybridized carbons (Fsp3) is 0.273. The van der Waals surface area contributed by atoms with Crippen molar-refractivity contribution in [1.82, 2.24) is 19.9 Å². The van der Waals surface area contributed by atoms with E-state index < -0.39 is 15.6 Å². The van der Waals surface area contributed by atoms with Crippen LogP contribution in [0.3, 0.4) is 0 Å². The summed E-state index contributed by atoms with van der Waals surface area (Å²) in [5.74, 6) is 0.520. The molecule has 11 heteroatoms. The van der Waals surface area contributed by atoms with Gasteiger partial charge in [-0.3, -0.25) is 4.79 Å². The molecule has 1 aliphatic heterocycles. The maximum Gasteiger partial charge on any atom is 0.254 e. The van der Waals surface area contributed by atoms with Crippen LogP contribution >= 0.6 is 0 Å². The van der Waals surface area contributed by atoms with Gasteiger partial charge in [0.1, 0.15) is 17.2 Å². The van der Waals surface area contributed by atoms with Gasteiger partial charge in [-0.2, -0.15) is 9.35 Å². The molecule has 0 bridgehead atoms. The largest absolute Gasteiger partial charge is 0.365 e. The number of nitrogens with two attached hydrogens (primary N) is 1. The highest BCUT2D eigenvalue weighted by Crippen LogP contribution is 2.25. The van der Waals surface area contributed by atoms with Crippen molar-refractivity contribution >= 4 is 44.7 Å². The zero-order valence-corrected chi connectivity index (χ0v) is 19.5. The molecule has 33 heavy (non-hydrogen) atoms. The standard InChI is InChI=1S/C22H26N8O2S/c1-30-10-9-14-7-8-16(11-15(14)13-30)25-22-24-12-17(20(23)31)21(28-22)27-18-5-4-6-19(26-18)29-33(2,3)32/h4-8,11-12H,9-10,13H2,1-3H3,(H2,23,31)(H2,24,25,26,27,28). The topological polar surface area (TPSA) is 138 Å². The van der Waals surface area contributed by atoms with Gasteiger partial charge in [0.05, 0.1) is 0 Å². The van der Waals surface area contributed by atoms with Crippen LogP contribution in [0.5, 0.6) is 0 Å². The molecule has 172 valence electrons. The first kappa shape index (κ1) is 22.6. The molecule has 0 fully saturated rings. The number of pyridine rings is 1. The number of fused-ring (bicyclic) bond motifs is 1. The first-order chi connectivity index (χ1) is 15.7. The molecule has 0 aliphatic carbocycles. The van der Waals surface area contributed by atoms with Gasteiger partial charge < -0.3 is 21.3 Å². The number of nitrogens with zero attached hydrogens (tertiary/aromatic N) is 5. The highest BCUT2D eigenvalue weighted by Gasteiger charge is 2.16. The molecule has 3 aromatic rings. The van der Waals surface area contributed by atoms with E-state index in [0.29, 0.717) is 17.6 Å². The van der Waals surface area contributed by atoms with Crippen LogP contribution < -0.4 is 16.4 Å². The van der Waals surface area contributed by atoms with Crippen LogP contribution in [0.15, 0.2) is 47.0 Å². The minimum atomic E-state index is -2.37. The molecule has 0 atom stereocenters. The smallest absolute Gasteiger partial charge is 0.254 e. The van der Waals surface area contributed by atoms with E-state index in [9.17, 15) is 9.00 Å². The number of nitrogens with one attached hydrogen (secondary N) is 2. The minimum Gasteiger partial charge on any atom is -0.365 e. The van der Waals surface area contributed by atoms with Gasteiger partial charge in [0, 0.05) is 47.2 Å². The number of amides is 1. The number of hydrogen-bond donors (Lipinski definition) is 3. The Morgan fingerprint density at radius 3 is 2.73 bits per heavy atom. The van der Waals surface area contributed by atoms with Crippen molar-refractivity contribution < 1.29 is 9.00 Å². The van der Waals surface area contributed by atoms with Crippen molar-refractivity contribution in [1.29, 1.82) is 0 Å². The van der Waals surface area contributed by atoms with Gasteiger partial charge in [-0.25, -0.2) is 14.2 Å². The Bertz CT molecular complexity index is 1330. The number of hydrogen-bond acceptors (Lipinski definition) is 9. The molecule has 0 saturated heterocycles. The second-order valence-electron chi connectivity index (χ2n) is 8.19. The summed E-state index contributed by atoms with van der Waals surface area (Å²) < 4.78 is 16.1. The van der Waals surface area contributed by atoms with Gasteiger partial charge in [-0.15, -0.1) is 0 Å². The van der Waals surface area contributed by atoms with E-state index in [1.807, 2.05) is 6.07 Å². The zero-order chi connectivity index (χ0) is 23.6. The highest BCUT2D eigenvalue weighted by molar-refractivity contribution is 7.92. The molecule has 0 spiro atoms. The number of carbonyl (C=O) groups excluding carboxylic acids is 1. The first-order valence-corrected chi connectivity index (χ1v) is 12.6. The molecule has 1 amide bonds. The number of anilines is 4. The van der Waals surface area contributed by atoms with Gasteiger partial charge >= 0.3 is 0 Å². The third-order valence-electron chi connectivity index (χ3n) is 5.01. The average Bonchev–Trinajstić information content (AvgIpc) is 2.72. The summed E-state index contributed by atoms with van der Waals surface area (Å²) in [6.07, 6.45) is 5.45. The Labute approximate surface area is 192 Å². The molecule has 4 rings (SSSR count). The summed E-state index contributed by atoms with van der Waals surface area (Å²) in [4.78, 5) is 27.2. The van der Waals surface area contributed by atoms with E-state index in [4.69, 9.17) is 5.73 Å². The lowest BCUT2D eigenvalue weighted by molar-refractivity contribution is 0.100. The van der Waals surface area contributed by atoms with Crippen LogP contribution in [-0.4, -0.2) is 56.1 Å². The lowest BCUT2D eigenvalue weighted by atomic mass is 9.99. The lowest BCUT2D eigenvalue weighted by Crippen LogP contribution is -2.26. The van der Waals surface area contributed by atoms with Gasteiger partial charge in [0.2, 0.25) is 5.95 Å². The molecule has 1 aliphatic rings. The quantitative estimate of drug-likeness (QED) is 0.504. The van der Waals surface area contributed by atoms with Gasteiger partial charge in [-0.1, -0.05) is 12.1 Å². The first-order valence-electron chi connectivity index (χ1n) is 10.3. The normalized spacial score (nSPS) is 13.8. The van der Waals surface area contributed by atoms with Gasteiger partial charge in [-0.05, 0) is 48.9 Å². The Hall–Kier alpha value is -3.57. The fourth-order valence-electron chi connectivity index (χ4n) is 3.51. The fourth-order valence-corrected chi connectivity index (χ4v) is 4.07. The highest BCUT2D eigenvalue weighted by atomic mass is 32.2. The van der Waals surface area contributed by atoms with Crippen molar-refractivity contribution in [3.05, 3.63) is 59.3 Å². The van der Waals surface area contributed by atoms with E-state index in [1.165, 1.54) is 29.8 Å². The molecular weight excluding hydrogens is 440 g/mol. The van der Waals surface area contributed by atoms with Crippen LogP contribution in [0.4, 0.5) is 29.1 Å². The summed E-state index contributed by atoms with van der Waals surface area (Å²) in [5.41, 5.74) is 9.07. The zero-order valence-electron chi connectivity index (χ0n) is 18.7. The number of aromatic nitrogens is 3. The summed E-state index contributed by atoms with van der Waals surface area (Å²) in [6.45, 7) is 1.93. The van der Waals surface area contributed by atoms with Crippen LogP contribution in [0.2, 0.25) is 0 Å². The predicted molar refractivity (Wildman–Crippen MR) is 130 cm³/mol. The monoisotopic (exact) mass is 466 g/mol. The molecule has 10 nitrogen and oxygen atoms in total. The van der Waals surface area contributed by atoms with Gasteiger partial charge in [0.25, 0.3) is 5.91 Å². The Morgan fingerprint density at radius 1 is 1.15 bits per heavy atom. The van der Waals surface area contributed by atoms with Crippen LogP contribution in [0.1, 0.15) is 21.5 Å². The Morgan fingerprint density at radius 2 is 1.97 bits per heavy atom. The molecule has 2 aromatic heterocycles. The summed E-state index contributed by atoms with van der Waals surface area (Å²) >= 11 is 0. The maximum absolute atomic E-state index is 12.0. The van der Waals surface area contributed by atoms with Crippen molar-refractivity contribution in [2.75, 3.05) is 36.7 Å². The molecule has 0 unspecified atom stereocenters. The molecular formula is C22H26N8O2S. The summed E-state index contributed by atoms with van der Waals surface area (Å²) in [6, 6.07) is 11.2. The van der Waals surface area contributed by atoms with Crippen LogP contribution in [0, 0.1) is 0 Å². The minimum absolute atomic E-state index is 0.117. The predicted octanol–water partition coefficient (Wildman–Crippen LogP) is 2.80. The van der Waals surface area contributed by atoms with Crippen LogP contribution in [0.25, 0.3) is 0 Å². The third kappa shape index (κ3) is 5.82. The van der Waals surface area contributed by atoms with E-state index in [-0.39, 0.29) is 11.4 Å². The third-order valence-corrected chi connectivity index (χ3v) is 5.64. The van der Waals surface area contributed by atoms with Gasteiger partial charge in [0.15, 0.2) is 5.82 Å². The van der Waals surface area contributed by atoms with Crippen molar-refractivity contribution in [2.45, 2.75) is 13.0 Å². The summed E-state index contributed by atoms with van der Waals surface area (Å²) in [5, 5.41) is 6.19. The number of likely N-dealkylation sites (N-methyl/N-ethyl adjacent to an activating group) is 1. The maximum atomic E-state index is 12.0. The van der Waals surface area contributed by atoms with Crippen molar-refractivity contribution in [3.63, 3.8) is 0 Å². The summed E-state index contributed by atoms with van der Waals surface area (Å²) in [7, 11) is -0.268. The van der Waals surface area contributed by atoms with E-state index >= 15 is 0 Å². The van der Waals surface area contributed by atoms with E-state index in [1.54, 1.807) is 18.2 Å². The molecule has 3 heterocycles. The molecule has 4 N–H and O–H groups in total. The Kier molecular flexibility index (Phi) is 6.25. The number of rotatable bonds is 6. The average molecular weight is 467 g/mol. The number of primary amides is 1. The van der Waals surface area contributed by atoms with Crippen LogP contribution in [-0.2, 0) is 22.7 Å². The second-order valence-corrected chi connectivity index (χ2v) is 10.7.